The number of aryl methyl sites for hydroxylation is 1. The topological polar surface area (TPSA) is 62.3 Å². The molecule has 1 aromatic carbocycles. The third kappa shape index (κ3) is 3.08. The molecule has 20 heavy (non-hydrogen) atoms. The Hall–Kier alpha value is -2.08. The summed E-state index contributed by atoms with van der Waals surface area (Å²) in [7, 11) is 0.168. The molecule has 106 valence electrons. The number of aromatic nitrogens is 1. The molecule has 0 unspecified atom stereocenters. The predicted molar refractivity (Wildman–Crippen MR) is 80.6 cm³/mol. The van der Waals surface area contributed by atoms with Gasteiger partial charge in [0, 0.05) is 14.1 Å². The van der Waals surface area contributed by atoms with Gasteiger partial charge in [0.25, 0.3) is 10.0 Å². The summed E-state index contributed by atoms with van der Waals surface area (Å²) < 4.78 is 27.1. The molecule has 0 saturated heterocycles. The van der Waals surface area contributed by atoms with Crippen LogP contribution in [0.25, 0.3) is 0 Å². The van der Waals surface area contributed by atoms with Crippen LogP contribution in [0.1, 0.15) is 5.56 Å². The van der Waals surface area contributed by atoms with Gasteiger partial charge in [0.1, 0.15) is 5.82 Å². The fourth-order valence-electron chi connectivity index (χ4n) is 1.78. The van der Waals surface area contributed by atoms with E-state index in [0.29, 0.717) is 11.3 Å². The van der Waals surface area contributed by atoms with Crippen molar-refractivity contribution in [2.24, 2.45) is 0 Å². The average molecular weight is 291 g/mol. The van der Waals surface area contributed by atoms with Gasteiger partial charge in [-0.05, 0) is 30.7 Å². The molecule has 5 nitrogen and oxygen atoms in total. The average Bonchev–Trinajstić information content (AvgIpc) is 2.39. The number of anilines is 2. The van der Waals surface area contributed by atoms with Crippen molar-refractivity contribution in [3.8, 4) is 0 Å². The monoisotopic (exact) mass is 291 g/mol. The third-order valence-electron chi connectivity index (χ3n) is 2.84. The highest BCUT2D eigenvalue weighted by molar-refractivity contribution is 7.92. The number of hydrogen-bond donors (Lipinski definition) is 1. The van der Waals surface area contributed by atoms with E-state index in [1.807, 2.05) is 25.1 Å². The molecule has 1 heterocycles. The quantitative estimate of drug-likeness (QED) is 0.938. The van der Waals surface area contributed by atoms with Gasteiger partial charge in [0.15, 0.2) is 0 Å². The van der Waals surface area contributed by atoms with Crippen molar-refractivity contribution >= 4 is 21.5 Å². The Balaban J connectivity index is 2.27. The van der Waals surface area contributed by atoms with E-state index in [1.54, 1.807) is 37.3 Å². The van der Waals surface area contributed by atoms with Gasteiger partial charge in [0.2, 0.25) is 0 Å². The Morgan fingerprint density at radius 1 is 1.10 bits per heavy atom. The number of nitrogens with zero attached hydrogens (tertiary/aromatic N) is 2. The van der Waals surface area contributed by atoms with Crippen LogP contribution in [0.2, 0.25) is 0 Å². The summed E-state index contributed by atoms with van der Waals surface area (Å²) in [6.07, 6.45) is 1.51. The highest BCUT2D eigenvalue weighted by atomic mass is 32.2. The normalized spacial score (nSPS) is 11.2. The first-order chi connectivity index (χ1) is 9.40. The number of nitrogens with one attached hydrogen (secondary N) is 1. The molecule has 0 aliphatic carbocycles. The first-order valence-electron chi connectivity index (χ1n) is 6.12. The molecule has 1 N–H and O–H groups in total. The van der Waals surface area contributed by atoms with E-state index in [1.165, 1.54) is 6.20 Å². The molecule has 0 saturated carbocycles. The molecule has 0 atom stereocenters. The van der Waals surface area contributed by atoms with Crippen LogP contribution in [0.3, 0.4) is 0 Å². The molecule has 0 spiro atoms. The smallest absolute Gasteiger partial charge is 0.262 e. The molecular formula is C14H17N3O2S. The van der Waals surface area contributed by atoms with Gasteiger partial charge in [-0.2, -0.15) is 0 Å². The highest BCUT2D eigenvalue weighted by Crippen LogP contribution is 2.19. The maximum Gasteiger partial charge on any atom is 0.262 e. The molecule has 1 aromatic heterocycles. The van der Waals surface area contributed by atoms with Crippen LogP contribution in [0, 0.1) is 6.92 Å². The maximum atomic E-state index is 12.3. The van der Waals surface area contributed by atoms with Crippen LogP contribution in [0.4, 0.5) is 11.5 Å². The number of sulfonamides is 1. The molecule has 0 amide bonds. The fourth-order valence-corrected chi connectivity index (χ4v) is 3.07. The predicted octanol–water partition coefficient (Wildman–Crippen LogP) is 2.26. The van der Waals surface area contributed by atoms with Crippen LogP contribution in [0.15, 0.2) is 47.5 Å². The SMILES string of the molecule is Cc1ccccc1S(=O)(=O)Nc1ccc(N(C)C)nc1. The Labute approximate surface area is 119 Å². The van der Waals surface area contributed by atoms with Gasteiger partial charge >= 0.3 is 0 Å². The number of hydrogen-bond acceptors (Lipinski definition) is 4. The molecule has 0 bridgehead atoms. The molecule has 0 radical (unpaired) electrons. The number of rotatable bonds is 4. The van der Waals surface area contributed by atoms with Crippen molar-refractivity contribution in [3.05, 3.63) is 48.2 Å². The van der Waals surface area contributed by atoms with Crippen LogP contribution in [-0.4, -0.2) is 27.5 Å². The molecule has 0 aliphatic rings. The van der Waals surface area contributed by atoms with Crippen molar-refractivity contribution in [2.45, 2.75) is 11.8 Å². The van der Waals surface area contributed by atoms with Gasteiger partial charge in [-0.1, -0.05) is 18.2 Å². The van der Waals surface area contributed by atoms with Gasteiger partial charge in [-0.25, -0.2) is 13.4 Å². The van der Waals surface area contributed by atoms with Crippen molar-refractivity contribution in [2.75, 3.05) is 23.7 Å². The van der Waals surface area contributed by atoms with Crippen LogP contribution in [0.5, 0.6) is 0 Å². The molecule has 2 aromatic rings. The minimum atomic E-state index is -3.58. The van der Waals surface area contributed by atoms with Gasteiger partial charge < -0.3 is 4.90 Å². The standard InChI is InChI=1S/C14H17N3O2S/c1-11-6-4-5-7-13(11)20(18,19)16-12-8-9-14(15-10-12)17(2)3/h4-10,16H,1-3H3. The zero-order valence-corrected chi connectivity index (χ0v) is 12.5. The van der Waals surface area contributed by atoms with Crippen LogP contribution >= 0.6 is 0 Å². The molecular weight excluding hydrogens is 274 g/mol. The van der Waals surface area contributed by atoms with Crippen LogP contribution in [-0.2, 0) is 10.0 Å². The largest absolute Gasteiger partial charge is 0.363 e. The second kappa shape index (κ2) is 5.50. The summed E-state index contributed by atoms with van der Waals surface area (Å²) in [5.74, 6) is 0.767. The lowest BCUT2D eigenvalue weighted by Gasteiger charge is -2.13. The van der Waals surface area contributed by atoms with E-state index >= 15 is 0 Å². The zero-order chi connectivity index (χ0) is 14.8. The summed E-state index contributed by atoms with van der Waals surface area (Å²) in [6, 6.07) is 10.3. The van der Waals surface area contributed by atoms with E-state index in [4.69, 9.17) is 0 Å². The molecule has 0 aliphatic heterocycles. The highest BCUT2D eigenvalue weighted by Gasteiger charge is 2.16. The van der Waals surface area contributed by atoms with Crippen molar-refractivity contribution < 1.29 is 8.42 Å². The third-order valence-corrected chi connectivity index (χ3v) is 4.38. The van der Waals surface area contributed by atoms with E-state index in [-0.39, 0.29) is 4.90 Å². The summed E-state index contributed by atoms with van der Waals surface area (Å²) in [6.45, 7) is 1.77. The summed E-state index contributed by atoms with van der Waals surface area (Å²) >= 11 is 0. The first-order valence-corrected chi connectivity index (χ1v) is 7.60. The Morgan fingerprint density at radius 3 is 2.35 bits per heavy atom. The fraction of sp³-hybridized carbons (Fsp3) is 0.214. The zero-order valence-electron chi connectivity index (χ0n) is 11.7. The van der Waals surface area contributed by atoms with E-state index in [0.717, 1.165) is 5.82 Å². The summed E-state index contributed by atoms with van der Waals surface area (Å²) in [5, 5.41) is 0. The van der Waals surface area contributed by atoms with Gasteiger partial charge in [-0.15, -0.1) is 0 Å². The Bertz CT molecular complexity index is 695. The molecule has 0 fully saturated rings. The summed E-state index contributed by atoms with van der Waals surface area (Å²) in [5.41, 5.74) is 1.15. The van der Waals surface area contributed by atoms with Gasteiger partial charge in [-0.3, -0.25) is 4.72 Å². The van der Waals surface area contributed by atoms with E-state index in [9.17, 15) is 8.42 Å². The lowest BCUT2D eigenvalue weighted by Crippen LogP contribution is -2.15. The van der Waals surface area contributed by atoms with Crippen molar-refractivity contribution in [3.63, 3.8) is 0 Å². The van der Waals surface area contributed by atoms with Gasteiger partial charge in [0.05, 0.1) is 16.8 Å². The molecule has 6 heteroatoms. The lowest BCUT2D eigenvalue weighted by molar-refractivity contribution is 0.600. The summed E-state index contributed by atoms with van der Waals surface area (Å²) in [4.78, 5) is 6.30. The van der Waals surface area contributed by atoms with Crippen LogP contribution < -0.4 is 9.62 Å². The Morgan fingerprint density at radius 2 is 1.80 bits per heavy atom. The minimum absolute atomic E-state index is 0.275. The van der Waals surface area contributed by atoms with Crippen molar-refractivity contribution in [1.82, 2.24) is 4.98 Å². The lowest BCUT2D eigenvalue weighted by atomic mass is 10.2. The van der Waals surface area contributed by atoms with Crippen molar-refractivity contribution in [1.29, 1.82) is 0 Å². The maximum absolute atomic E-state index is 12.3. The Kier molecular flexibility index (Phi) is 3.94. The molecule has 2 rings (SSSR count). The van der Waals surface area contributed by atoms with E-state index in [2.05, 4.69) is 9.71 Å². The second-order valence-corrected chi connectivity index (χ2v) is 6.32. The van der Waals surface area contributed by atoms with E-state index < -0.39 is 10.0 Å². The first kappa shape index (κ1) is 14.3. The second-order valence-electron chi connectivity index (χ2n) is 4.67. The minimum Gasteiger partial charge on any atom is -0.363 e. The number of benzene rings is 1. The number of pyridine rings is 1.